The average Bonchev–Trinajstić information content (AvgIpc) is 2.60. The highest BCUT2D eigenvalue weighted by molar-refractivity contribution is 5.55. The Balaban J connectivity index is 1.91. The van der Waals surface area contributed by atoms with Crippen LogP contribution in [0.1, 0.15) is 35.6 Å². The number of hydrogen-bond donors (Lipinski definition) is 1. The van der Waals surface area contributed by atoms with Crippen molar-refractivity contribution < 1.29 is 5.11 Å². The first-order valence-corrected chi connectivity index (χ1v) is 7.31. The summed E-state index contributed by atoms with van der Waals surface area (Å²) in [5.41, 5.74) is 4.87. The second-order valence-corrected chi connectivity index (χ2v) is 5.63. The first kappa shape index (κ1) is 13.2. The van der Waals surface area contributed by atoms with Gasteiger partial charge in [-0.05, 0) is 31.4 Å². The van der Waals surface area contributed by atoms with E-state index in [4.69, 9.17) is 0 Å². The Bertz CT molecular complexity index is 593. The third-order valence-electron chi connectivity index (χ3n) is 4.00. The number of para-hydroxylation sites is 1. The van der Waals surface area contributed by atoms with E-state index in [1.165, 1.54) is 16.8 Å². The van der Waals surface area contributed by atoms with Crippen molar-refractivity contribution in [2.45, 2.75) is 32.4 Å². The summed E-state index contributed by atoms with van der Waals surface area (Å²) in [7, 11) is 0. The minimum absolute atomic E-state index is 0.325. The molecule has 0 bridgehead atoms. The molecule has 0 spiro atoms. The standard InChI is InChI=1S/C18H21NO/c1-14-6-4-7-15(12-14)13-19-11-5-10-18(20)16-8-2-3-9-17(16)19/h2-4,6-9,12,18,20H,5,10-11,13H2,1H3. The molecule has 104 valence electrons. The summed E-state index contributed by atoms with van der Waals surface area (Å²) in [6.45, 7) is 4.04. The molecule has 0 amide bonds. The molecular formula is C18H21NO. The van der Waals surface area contributed by atoms with Crippen molar-refractivity contribution in [3.05, 3.63) is 65.2 Å². The van der Waals surface area contributed by atoms with Crippen LogP contribution in [0.3, 0.4) is 0 Å². The quantitative estimate of drug-likeness (QED) is 0.894. The number of rotatable bonds is 2. The first-order chi connectivity index (χ1) is 9.74. The van der Waals surface area contributed by atoms with Crippen LogP contribution in [-0.4, -0.2) is 11.7 Å². The zero-order chi connectivity index (χ0) is 13.9. The largest absolute Gasteiger partial charge is 0.388 e. The number of aryl methyl sites for hydroxylation is 1. The van der Waals surface area contributed by atoms with Crippen molar-refractivity contribution in [3.8, 4) is 0 Å². The fourth-order valence-corrected chi connectivity index (χ4v) is 3.00. The van der Waals surface area contributed by atoms with E-state index < -0.39 is 0 Å². The Morgan fingerprint density at radius 2 is 2.00 bits per heavy atom. The molecule has 0 radical (unpaired) electrons. The summed E-state index contributed by atoms with van der Waals surface area (Å²) in [5.74, 6) is 0. The molecule has 1 aliphatic heterocycles. The Morgan fingerprint density at radius 3 is 2.85 bits per heavy atom. The van der Waals surface area contributed by atoms with Gasteiger partial charge in [-0.15, -0.1) is 0 Å². The molecule has 2 heteroatoms. The molecule has 0 aliphatic carbocycles. The minimum Gasteiger partial charge on any atom is -0.388 e. The smallest absolute Gasteiger partial charge is 0.0810 e. The van der Waals surface area contributed by atoms with Gasteiger partial charge in [0.15, 0.2) is 0 Å². The van der Waals surface area contributed by atoms with Gasteiger partial charge in [-0.1, -0.05) is 48.0 Å². The molecule has 0 saturated heterocycles. The highest BCUT2D eigenvalue weighted by Crippen LogP contribution is 2.33. The number of benzene rings is 2. The van der Waals surface area contributed by atoms with Crippen molar-refractivity contribution in [1.82, 2.24) is 0 Å². The third kappa shape index (κ3) is 2.70. The highest BCUT2D eigenvalue weighted by atomic mass is 16.3. The number of fused-ring (bicyclic) bond motifs is 1. The molecule has 0 saturated carbocycles. The molecule has 1 N–H and O–H groups in total. The lowest BCUT2D eigenvalue weighted by Crippen LogP contribution is -2.23. The molecule has 1 unspecified atom stereocenters. The zero-order valence-electron chi connectivity index (χ0n) is 11.9. The van der Waals surface area contributed by atoms with Crippen LogP contribution in [0.25, 0.3) is 0 Å². The van der Waals surface area contributed by atoms with Crippen LogP contribution in [0.5, 0.6) is 0 Å². The molecule has 2 nitrogen and oxygen atoms in total. The monoisotopic (exact) mass is 267 g/mol. The van der Waals surface area contributed by atoms with E-state index in [1.807, 2.05) is 6.07 Å². The van der Waals surface area contributed by atoms with Crippen LogP contribution >= 0.6 is 0 Å². The van der Waals surface area contributed by atoms with Crippen molar-refractivity contribution >= 4 is 5.69 Å². The number of aliphatic hydroxyl groups is 1. The fourth-order valence-electron chi connectivity index (χ4n) is 3.00. The molecule has 0 aromatic heterocycles. The molecule has 2 aromatic rings. The van der Waals surface area contributed by atoms with Gasteiger partial charge >= 0.3 is 0 Å². The van der Waals surface area contributed by atoms with Crippen molar-refractivity contribution in [3.63, 3.8) is 0 Å². The van der Waals surface area contributed by atoms with Gasteiger partial charge in [0.05, 0.1) is 6.10 Å². The second-order valence-electron chi connectivity index (χ2n) is 5.63. The van der Waals surface area contributed by atoms with E-state index in [0.717, 1.165) is 31.5 Å². The molecule has 1 heterocycles. The van der Waals surface area contributed by atoms with Crippen LogP contribution in [0.15, 0.2) is 48.5 Å². The van der Waals surface area contributed by atoms with E-state index in [0.29, 0.717) is 0 Å². The SMILES string of the molecule is Cc1cccc(CN2CCCC(O)c3ccccc32)c1. The van der Waals surface area contributed by atoms with Crippen LogP contribution in [0, 0.1) is 6.92 Å². The Morgan fingerprint density at radius 1 is 1.15 bits per heavy atom. The van der Waals surface area contributed by atoms with Crippen molar-refractivity contribution in [1.29, 1.82) is 0 Å². The summed E-state index contributed by atoms with van der Waals surface area (Å²) in [6.07, 6.45) is 1.55. The maximum Gasteiger partial charge on any atom is 0.0810 e. The summed E-state index contributed by atoms with van der Waals surface area (Å²) in [5, 5.41) is 10.2. The summed E-state index contributed by atoms with van der Waals surface area (Å²) >= 11 is 0. The Kier molecular flexibility index (Phi) is 3.75. The Hall–Kier alpha value is -1.80. The lowest BCUT2D eigenvalue weighted by Gasteiger charge is -2.25. The van der Waals surface area contributed by atoms with E-state index in [9.17, 15) is 5.11 Å². The van der Waals surface area contributed by atoms with Gasteiger partial charge in [0.1, 0.15) is 0 Å². The summed E-state index contributed by atoms with van der Waals surface area (Å²) in [4.78, 5) is 2.39. The predicted molar refractivity (Wildman–Crippen MR) is 82.9 cm³/mol. The van der Waals surface area contributed by atoms with Crippen LogP contribution < -0.4 is 4.90 Å². The third-order valence-corrected chi connectivity index (χ3v) is 4.00. The van der Waals surface area contributed by atoms with Crippen LogP contribution in [-0.2, 0) is 6.54 Å². The molecule has 3 rings (SSSR count). The van der Waals surface area contributed by atoms with Gasteiger partial charge in [0.25, 0.3) is 0 Å². The second kappa shape index (κ2) is 5.68. The molecular weight excluding hydrogens is 246 g/mol. The Labute approximate surface area is 120 Å². The topological polar surface area (TPSA) is 23.5 Å². The van der Waals surface area contributed by atoms with E-state index in [2.05, 4.69) is 54.3 Å². The van der Waals surface area contributed by atoms with Crippen LogP contribution in [0.4, 0.5) is 5.69 Å². The predicted octanol–water partition coefficient (Wildman–Crippen LogP) is 3.83. The summed E-state index contributed by atoms with van der Waals surface area (Å²) in [6, 6.07) is 16.9. The van der Waals surface area contributed by atoms with E-state index in [-0.39, 0.29) is 6.10 Å². The summed E-state index contributed by atoms with van der Waals surface area (Å²) < 4.78 is 0. The maximum absolute atomic E-state index is 10.2. The van der Waals surface area contributed by atoms with E-state index >= 15 is 0 Å². The van der Waals surface area contributed by atoms with Gasteiger partial charge in [0, 0.05) is 24.3 Å². The lowest BCUT2D eigenvalue weighted by atomic mass is 10.0. The number of aliphatic hydroxyl groups excluding tert-OH is 1. The van der Waals surface area contributed by atoms with Gasteiger partial charge in [0.2, 0.25) is 0 Å². The number of anilines is 1. The average molecular weight is 267 g/mol. The molecule has 2 aromatic carbocycles. The molecule has 0 fully saturated rings. The lowest BCUT2D eigenvalue weighted by molar-refractivity contribution is 0.168. The minimum atomic E-state index is -0.325. The first-order valence-electron chi connectivity index (χ1n) is 7.31. The maximum atomic E-state index is 10.2. The number of hydrogen-bond acceptors (Lipinski definition) is 2. The van der Waals surface area contributed by atoms with Crippen molar-refractivity contribution in [2.24, 2.45) is 0 Å². The van der Waals surface area contributed by atoms with Gasteiger partial charge in [-0.25, -0.2) is 0 Å². The molecule has 1 aliphatic rings. The zero-order valence-corrected chi connectivity index (χ0v) is 11.9. The van der Waals surface area contributed by atoms with Gasteiger partial charge in [-0.2, -0.15) is 0 Å². The number of nitrogens with zero attached hydrogens (tertiary/aromatic N) is 1. The van der Waals surface area contributed by atoms with Gasteiger partial charge in [-0.3, -0.25) is 0 Å². The highest BCUT2D eigenvalue weighted by Gasteiger charge is 2.20. The van der Waals surface area contributed by atoms with E-state index in [1.54, 1.807) is 0 Å². The fraction of sp³-hybridized carbons (Fsp3) is 0.333. The van der Waals surface area contributed by atoms with Crippen LogP contribution in [0.2, 0.25) is 0 Å². The normalized spacial score (nSPS) is 18.5. The van der Waals surface area contributed by atoms with Crippen molar-refractivity contribution in [2.75, 3.05) is 11.4 Å². The molecule has 1 atom stereocenters. The van der Waals surface area contributed by atoms with Gasteiger partial charge < -0.3 is 10.0 Å². The molecule has 20 heavy (non-hydrogen) atoms.